The maximum Gasteiger partial charge on any atom is 0.254 e. The van der Waals surface area contributed by atoms with Crippen molar-refractivity contribution in [1.29, 1.82) is 0 Å². The standard InChI is InChI=1S/C12H15ClN2O2.ClH/c1-12(2)7-17-15(11(12)16)6-8-3-4-9(14)5-10(8)13;/h3-5H,6-7,14H2,1-2H3;1H. The van der Waals surface area contributed by atoms with Gasteiger partial charge in [0.05, 0.1) is 18.6 Å². The Morgan fingerprint density at radius 3 is 2.67 bits per heavy atom. The van der Waals surface area contributed by atoms with Crippen LogP contribution in [0.2, 0.25) is 5.02 Å². The highest BCUT2D eigenvalue weighted by Gasteiger charge is 2.40. The molecule has 1 aromatic carbocycles. The minimum absolute atomic E-state index is 0. The molecule has 0 aromatic heterocycles. The summed E-state index contributed by atoms with van der Waals surface area (Å²) in [5, 5.41) is 1.91. The monoisotopic (exact) mass is 290 g/mol. The third-order valence-corrected chi connectivity index (χ3v) is 3.13. The first-order valence-electron chi connectivity index (χ1n) is 5.39. The number of rotatable bonds is 2. The number of hydrogen-bond acceptors (Lipinski definition) is 3. The number of nitrogen functional groups attached to an aromatic ring is 1. The van der Waals surface area contributed by atoms with Gasteiger partial charge < -0.3 is 5.73 Å². The molecular weight excluding hydrogens is 275 g/mol. The number of carbonyl (C=O) groups excluding carboxylic acids is 1. The first kappa shape index (κ1) is 15.1. The van der Waals surface area contributed by atoms with Crippen molar-refractivity contribution in [2.24, 2.45) is 5.41 Å². The number of nitrogens with two attached hydrogens (primary N) is 1. The van der Waals surface area contributed by atoms with Crippen molar-refractivity contribution in [3.63, 3.8) is 0 Å². The highest BCUT2D eigenvalue weighted by molar-refractivity contribution is 6.31. The number of carbonyl (C=O) groups is 1. The predicted octanol–water partition coefficient (Wildman–Crippen LogP) is 2.64. The predicted molar refractivity (Wildman–Crippen MR) is 73.4 cm³/mol. The average Bonchev–Trinajstić information content (AvgIpc) is 2.49. The second kappa shape index (κ2) is 5.34. The van der Waals surface area contributed by atoms with Gasteiger partial charge in [0, 0.05) is 10.7 Å². The number of halogens is 2. The molecule has 1 saturated heterocycles. The van der Waals surface area contributed by atoms with Crippen LogP contribution in [0.3, 0.4) is 0 Å². The molecule has 2 rings (SSSR count). The molecule has 4 nitrogen and oxygen atoms in total. The molecule has 0 radical (unpaired) electrons. The van der Waals surface area contributed by atoms with E-state index < -0.39 is 5.41 Å². The lowest BCUT2D eigenvalue weighted by Gasteiger charge is -2.17. The minimum Gasteiger partial charge on any atom is -0.399 e. The Morgan fingerprint density at radius 2 is 2.17 bits per heavy atom. The zero-order valence-corrected chi connectivity index (χ0v) is 11.8. The van der Waals surface area contributed by atoms with Gasteiger partial charge in [-0.1, -0.05) is 17.7 Å². The third kappa shape index (κ3) is 2.88. The lowest BCUT2D eigenvalue weighted by atomic mass is 9.95. The maximum absolute atomic E-state index is 11.9. The fraction of sp³-hybridized carbons (Fsp3) is 0.417. The quantitative estimate of drug-likeness (QED) is 0.852. The van der Waals surface area contributed by atoms with E-state index in [1.54, 1.807) is 18.2 Å². The van der Waals surface area contributed by atoms with E-state index in [1.807, 2.05) is 13.8 Å². The lowest BCUT2D eigenvalue weighted by molar-refractivity contribution is -0.165. The largest absolute Gasteiger partial charge is 0.399 e. The van der Waals surface area contributed by atoms with Crippen molar-refractivity contribution in [2.75, 3.05) is 12.3 Å². The van der Waals surface area contributed by atoms with Crippen molar-refractivity contribution in [3.8, 4) is 0 Å². The van der Waals surface area contributed by atoms with Crippen LogP contribution in [0.25, 0.3) is 0 Å². The van der Waals surface area contributed by atoms with Gasteiger partial charge in [0.15, 0.2) is 0 Å². The Labute approximate surface area is 117 Å². The Kier molecular flexibility index (Phi) is 4.48. The summed E-state index contributed by atoms with van der Waals surface area (Å²) in [6.45, 7) is 4.47. The van der Waals surface area contributed by atoms with Crippen molar-refractivity contribution in [3.05, 3.63) is 28.8 Å². The second-order valence-corrected chi connectivity index (χ2v) is 5.26. The van der Waals surface area contributed by atoms with Crippen molar-refractivity contribution < 1.29 is 9.63 Å². The van der Waals surface area contributed by atoms with Gasteiger partial charge in [-0.15, -0.1) is 12.4 Å². The lowest BCUT2D eigenvalue weighted by Crippen LogP contribution is -2.30. The van der Waals surface area contributed by atoms with E-state index in [0.29, 0.717) is 23.9 Å². The number of nitrogens with zero attached hydrogens (tertiary/aromatic N) is 1. The summed E-state index contributed by atoms with van der Waals surface area (Å²) >= 11 is 6.05. The molecule has 1 amide bonds. The van der Waals surface area contributed by atoms with E-state index in [0.717, 1.165) is 5.56 Å². The molecule has 0 aliphatic carbocycles. The van der Waals surface area contributed by atoms with E-state index >= 15 is 0 Å². The molecule has 100 valence electrons. The van der Waals surface area contributed by atoms with Crippen LogP contribution in [0.15, 0.2) is 18.2 Å². The topological polar surface area (TPSA) is 55.6 Å². The summed E-state index contributed by atoms with van der Waals surface area (Å²) in [5.41, 5.74) is 6.58. The molecule has 0 saturated carbocycles. The van der Waals surface area contributed by atoms with Gasteiger partial charge in [-0.05, 0) is 31.5 Å². The molecule has 1 aliphatic heterocycles. The zero-order chi connectivity index (χ0) is 12.6. The maximum atomic E-state index is 11.9. The Bertz CT molecular complexity index is 463. The SMILES string of the molecule is CC1(C)CON(Cc2ccc(N)cc2Cl)C1=O.Cl. The van der Waals surface area contributed by atoms with Crippen molar-refractivity contribution in [1.82, 2.24) is 5.06 Å². The number of anilines is 1. The van der Waals surface area contributed by atoms with Crippen LogP contribution < -0.4 is 5.73 Å². The molecule has 1 aliphatic rings. The van der Waals surface area contributed by atoms with E-state index in [9.17, 15) is 4.79 Å². The second-order valence-electron chi connectivity index (χ2n) is 4.85. The molecular formula is C12H16Cl2N2O2. The van der Waals surface area contributed by atoms with Crippen LogP contribution in [0.4, 0.5) is 5.69 Å². The Hall–Kier alpha value is -0.970. The summed E-state index contributed by atoms with van der Waals surface area (Å²) in [6, 6.07) is 5.23. The van der Waals surface area contributed by atoms with Crippen LogP contribution in [-0.4, -0.2) is 17.6 Å². The number of hydroxylamine groups is 2. The Morgan fingerprint density at radius 1 is 1.50 bits per heavy atom. The molecule has 2 N–H and O–H groups in total. The number of hydrogen-bond donors (Lipinski definition) is 1. The average molecular weight is 291 g/mol. The van der Waals surface area contributed by atoms with E-state index in [1.165, 1.54) is 5.06 Å². The van der Waals surface area contributed by atoms with Gasteiger partial charge in [-0.3, -0.25) is 9.63 Å². The van der Waals surface area contributed by atoms with Gasteiger partial charge in [0.2, 0.25) is 0 Å². The number of benzene rings is 1. The van der Waals surface area contributed by atoms with Gasteiger partial charge in [-0.2, -0.15) is 0 Å². The first-order chi connectivity index (χ1) is 7.90. The molecule has 0 atom stereocenters. The fourth-order valence-electron chi connectivity index (χ4n) is 1.66. The molecule has 1 aromatic rings. The smallest absolute Gasteiger partial charge is 0.254 e. The fourth-order valence-corrected chi connectivity index (χ4v) is 1.91. The van der Waals surface area contributed by atoms with Crippen LogP contribution in [0, 0.1) is 5.41 Å². The van der Waals surface area contributed by atoms with Crippen LogP contribution in [-0.2, 0) is 16.2 Å². The third-order valence-electron chi connectivity index (χ3n) is 2.78. The van der Waals surface area contributed by atoms with Gasteiger partial charge in [-0.25, -0.2) is 5.06 Å². The summed E-state index contributed by atoms with van der Waals surface area (Å²) in [4.78, 5) is 17.3. The van der Waals surface area contributed by atoms with Crippen molar-refractivity contribution >= 4 is 35.6 Å². The van der Waals surface area contributed by atoms with Crippen LogP contribution in [0.1, 0.15) is 19.4 Å². The summed E-state index contributed by atoms with van der Waals surface area (Å²) in [7, 11) is 0. The molecule has 0 unspecified atom stereocenters. The van der Waals surface area contributed by atoms with Gasteiger partial charge in [0.25, 0.3) is 5.91 Å². The molecule has 0 bridgehead atoms. The molecule has 18 heavy (non-hydrogen) atoms. The molecule has 1 heterocycles. The number of amides is 1. The zero-order valence-electron chi connectivity index (χ0n) is 10.3. The highest BCUT2D eigenvalue weighted by atomic mass is 35.5. The van der Waals surface area contributed by atoms with Gasteiger partial charge in [0.1, 0.15) is 0 Å². The van der Waals surface area contributed by atoms with Crippen LogP contribution in [0.5, 0.6) is 0 Å². The Balaban J connectivity index is 0.00000162. The normalized spacial score (nSPS) is 17.7. The highest BCUT2D eigenvalue weighted by Crippen LogP contribution is 2.29. The van der Waals surface area contributed by atoms with Gasteiger partial charge >= 0.3 is 0 Å². The molecule has 1 fully saturated rings. The summed E-state index contributed by atoms with van der Waals surface area (Å²) < 4.78 is 0. The molecule has 6 heteroatoms. The summed E-state index contributed by atoms with van der Waals surface area (Å²) in [6.07, 6.45) is 0. The van der Waals surface area contributed by atoms with Crippen LogP contribution >= 0.6 is 24.0 Å². The van der Waals surface area contributed by atoms with E-state index in [-0.39, 0.29) is 18.3 Å². The van der Waals surface area contributed by atoms with Crippen molar-refractivity contribution in [2.45, 2.75) is 20.4 Å². The minimum atomic E-state index is -0.458. The molecule has 0 spiro atoms. The summed E-state index contributed by atoms with van der Waals surface area (Å²) in [5.74, 6) is -0.0228. The first-order valence-corrected chi connectivity index (χ1v) is 5.77. The van der Waals surface area contributed by atoms with E-state index in [2.05, 4.69) is 0 Å². The van der Waals surface area contributed by atoms with E-state index in [4.69, 9.17) is 22.2 Å².